The van der Waals surface area contributed by atoms with Crippen molar-refractivity contribution in [2.75, 3.05) is 18.4 Å². The van der Waals surface area contributed by atoms with E-state index in [4.69, 9.17) is 5.73 Å². The highest BCUT2D eigenvalue weighted by Crippen LogP contribution is 2.21. The van der Waals surface area contributed by atoms with Crippen LogP contribution in [0.2, 0.25) is 0 Å². The average molecular weight is 442 g/mol. The van der Waals surface area contributed by atoms with Crippen LogP contribution in [0, 0.1) is 5.92 Å². The second kappa shape index (κ2) is 9.56. The summed E-state index contributed by atoms with van der Waals surface area (Å²) in [5.74, 6) is 0.319. The molecule has 24 heavy (non-hydrogen) atoms. The number of hydrogen-bond acceptors (Lipinski definition) is 4. The summed E-state index contributed by atoms with van der Waals surface area (Å²) in [5.41, 5.74) is 4.97. The van der Waals surface area contributed by atoms with Crippen molar-refractivity contribution < 1.29 is 9.59 Å². The van der Waals surface area contributed by atoms with Crippen molar-refractivity contribution in [1.82, 2.24) is 9.88 Å². The second-order valence-corrected chi connectivity index (χ2v) is 7.05. The number of likely N-dealkylation sites (tertiary alicyclic amines) is 1. The Bertz CT molecular complexity index is 556. The average Bonchev–Trinajstić information content (AvgIpc) is 2.48. The lowest BCUT2D eigenvalue weighted by Gasteiger charge is -2.35. The number of carbonyl (C=O) groups is 2. The topological polar surface area (TPSA) is 88.3 Å². The first-order chi connectivity index (χ1) is 10.3. The molecule has 2 heterocycles. The third-order valence-corrected chi connectivity index (χ3v) is 4.15. The SMILES string of the molecule is CC(C)(N)C(=O)N1CCC(C(=O)Nc2ccc(Br)cn2)CC1.Cl.Cl. The normalized spacial score (nSPS) is 15.1. The van der Waals surface area contributed by atoms with Gasteiger partial charge in [-0.2, -0.15) is 0 Å². The number of amides is 2. The summed E-state index contributed by atoms with van der Waals surface area (Å²) in [4.78, 5) is 30.2. The fourth-order valence-electron chi connectivity index (χ4n) is 2.43. The Morgan fingerprint density at radius 2 is 1.88 bits per heavy atom. The number of nitrogens with two attached hydrogens (primary N) is 1. The van der Waals surface area contributed by atoms with Crippen molar-refractivity contribution in [2.24, 2.45) is 11.7 Å². The molecule has 2 rings (SSSR count). The molecule has 1 saturated heterocycles. The van der Waals surface area contributed by atoms with E-state index in [1.54, 1.807) is 31.0 Å². The lowest BCUT2D eigenvalue weighted by molar-refractivity contribution is -0.138. The van der Waals surface area contributed by atoms with Crippen LogP contribution in [0.3, 0.4) is 0 Å². The van der Waals surface area contributed by atoms with Gasteiger partial charge >= 0.3 is 0 Å². The molecule has 1 aliphatic heterocycles. The van der Waals surface area contributed by atoms with Crippen molar-refractivity contribution >= 4 is 58.4 Å². The molecule has 0 unspecified atom stereocenters. The Morgan fingerprint density at radius 1 is 1.29 bits per heavy atom. The fourth-order valence-corrected chi connectivity index (χ4v) is 2.66. The standard InChI is InChI=1S/C15H21BrN4O2.2ClH/c1-15(2,17)14(22)20-7-5-10(6-8-20)13(21)19-12-4-3-11(16)9-18-12;;/h3-4,9-10H,5-8,17H2,1-2H3,(H,18,19,21);2*1H. The van der Waals surface area contributed by atoms with Gasteiger partial charge in [0.05, 0.1) is 5.54 Å². The fraction of sp³-hybridized carbons (Fsp3) is 0.533. The van der Waals surface area contributed by atoms with Gasteiger partial charge in [0.15, 0.2) is 0 Å². The van der Waals surface area contributed by atoms with Gasteiger partial charge in [-0.1, -0.05) is 0 Å². The molecule has 0 radical (unpaired) electrons. The number of carbonyl (C=O) groups excluding carboxylic acids is 2. The number of nitrogens with one attached hydrogen (secondary N) is 1. The molecule has 0 aliphatic carbocycles. The Morgan fingerprint density at radius 3 is 2.33 bits per heavy atom. The number of hydrogen-bond donors (Lipinski definition) is 2. The van der Waals surface area contributed by atoms with E-state index in [-0.39, 0.29) is 42.5 Å². The van der Waals surface area contributed by atoms with Crippen LogP contribution in [0.25, 0.3) is 0 Å². The maximum absolute atomic E-state index is 12.2. The number of nitrogens with zero attached hydrogens (tertiary/aromatic N) is 2. The molecule has 0 bridgehead atoms. The zero-order valence-electron chi connectivity index (χ0n) is 13.6. The summed E-state index contributed by atoms with van der Waals surface area (Å²) in [6.45, 7) is 4.53. The lowest BCUT2D eigenvalue weighted by atomic mass is 9.94. The number of piperidine rings is 1. The lowest BCUT2D eigenvalue weighted by Crippen LogP contribution is -2.53. The molecular formula is C15H23BrCl2N4O2. The zero-order chi connectivity index (χ0) is 16.3. The number of anilines is 1. The van der Waals surface area contributed by atoms with Crippen molar-refractivity contribution in [1.29, 1.82) is 0 Å². The maximum Gasteiger partial charge on any atom is 0.242 e. The second-order valence-electron chi connectivity index (χ2n) is 6.14. The van der Waals surface area contributed by atoms with E-state index in [2.05, 4.69) is 26.2 Å². The molecule has 1 aliphatic rings. The molecule has 136 valence electrons. The van der Waals surface area contributed by atoms with Gasteiger partial charge < -0.3 is 16.0 Å². The third-order valence-electron chi connectivity index (χ3n) is 3.68. The Kier molecular flexibility index (Phi) is 9.20. The van der Waals surface area contributed by atoms with Gasteiger partial charge in [-0.3, -0.25) is 9.59 Å². The molecular weight excluding hydrogens is 419 g/mol. The largest absolute Gasteiger partial charge is 0.341 e. The Labute approximate surface area is 162 Å². The predicted molar refractivity (Wildman–Crippen MR) is 103 cm³/mol. The molecule has 0 atom stereocenters. The molecule has 0 spiro atoms. The highest BCUT2D eigenvalue weighted by atomic mass is 79.9. The summed E-state index contributed by atoms with van der Waals surface area (Å²) in [6, 6.07) is 3.57. The van der Waals surface area contributed by atoms with Crippen LogP contribution in [0.4, 0.5) is 5.82 Å². The Hall–Kier alpha value is -0.890. The van der Waals surface area contributed by atoms with Gasteiger partial charge in [0, 0.05) is 29.7 Å². The Balaban J connectivity index is 0.00000264. The minimum Gasteiger partial charge on any atom is -0.341 e. The number of rotatable bonds is 3. The highest BCUT2D eigenvalue weighted by molar-refractivity contribution is 9.10. The van der Waals surface area contributed by atoms with Crippen molar-refractivity contribution in [3.05, 3.63) is 22.8 Å². The molecule has 0 saturated carbocycles. The van der Waals surface area contributed by atoms with Crippen molar-refractivity contribution in [3.8, 4) is 0 Å². The highest BCUT2D eigenvalue weighted by Gasteiger charge is 2.32. The van der Waals surface area contributed by atoms with Gasteiger partial charge in [-0.15, -0.1) is 24.8 Å². The van der Waals surface area contributed by atoms with Crippen LogP contribution in [0.5, 0.6) is 0 Å². The van der Waals surface area contributed by atoms with E-state index in [0.717, 1.165) is 4.47 Å². The van der Waals surface area contributed by atoms with Crippen LogP contribution in [-0.2, 0) is 9.59 Å². The summed E-state index contributed by atoms with van der Waals surface area (Å²) >= 11 is 3.30. The summed E-state index contributed by atoms with van der Waals surface area (Å²) in [5, 5.41) is 2.81. The van der Waals surface area contributed by atoms with E-state index in [1.807, 2.05) is 6.07 Å². The van der Waals surface area contributed by atoms with Crippen LogP contribution in [0.1, 0.15) is 26.7 Å². The predicted octanol–water partition coefficient (Wildman–Crippen LogP) is 2.60. The van der Waals surface area contributed by atoms with E-state index in [0.29, 0.717) is 31.7 Å². The van der Waals surface area contributed by atoms with Crippen molar-refractivity contribution in [2.45, 2.75) is 32.2 Å². The molecule has 3 N–H and O–H groups in total. The van der Waals surface area contributed by atoms with Crippen LogP contribution in [0.15, 0.2) is 22.8 Å². The summed E-state index contributed by atoms with van der Waals surface area (Å²) in [7, 11) is 0. The van der Waals surface area contributed by atoms with Gasteiger partial charge in [-0.25, -0.2) is 4.98 Å². The molecule has 1 fully saturated rings. The zero-order valence-corrected chi connectivity index (χ0v) is 16.8. The molecule has 0 aromatic carbocycles. The summed E-state index contributed by atoms with van der Waals surface area (Å²) in [6.07, 6.45) is 2.93. The van der Waals surface area contributed by atoms with E-state index in [1.165, 1.54) is 0 Å². The van der Waals surface area contributed by atoms with Crippen molar-refractivity contribution in [3.63, 3.8) is 0 Å². The first-order valence-corrected chi connectivity index (χ1v) is 8.07. The first kappa shape index (κ1) is 23.1. The van der Waals surface area contributed by atoms with Crippen LogP contribution in [-0.4, -0.2) is 40.3 Å². The smallest absolute Gasteiger partial charge is 0.242 e. The third kappa shape index (κ3) is 6.20. The van der Waals surface area contributed by atoms with Gasteiger partial charge in [0.25, 0.3) is 0 Å². The molecule has 2 amide bonds. The molecule has 6 nitrogen and oxygen atoms in total. The van der Waals surface area contributed by atoms with Gasteiger partial charge in [0.1, 0.15) is 5.82 Å². The molecule has 1 aromatic heterocycles. The quantitative estimate of drug-likeness (QED) is 0.754. The molecule has 9 heteroatoms. The van der Waals surface area contributed by atoms with Crippen LogP contribution >= 0.6 is 40.7 Å². The minimum absolute atomic E-state index is 0. The van der Waals surface area contributed by atoms with Gasteiger partial charge in [-0.05, 0) is 54.8 Å². The van der Waals surface area contributed by atoms with Crippen LogP contribution < -0.4 is 11.1 Å². The van der Waals surface area contributed by atoms with E-state index < -0.39 is 5.54 Å². The van der Waals surface area contributed by atoms with Gasteiger partial charge in [0.2, 0.25) is 11.8 Å². The van der Waals surface area contributed by atoms with E-state index in [9.17, 15) is 9.59 Å². The number of pyridine rings is 1. The summed E-state index contributed by atoms with van der Waals surface area (Å²) < 4.78 is 0.863. The maximum atomic E-state index is 12.2. The minimum atomic E-state index is -0.865. The number of aromatic nitrogens is 1. The monoisotopic (exact) mass is 440 g/mol. The first-order valence-electron chi connectivity index (χ1n) is 7.28. The van der Waals surface area contributed by atoms with E-state index >= 15 is 0 Å². The number of halogens is 3. The molecule has 1 aromatic rings.